The van der Waals surface area contributed by atoms with Gasteiger partial charge in [0, 0.05) is 6.54 Å². The molecule has 0 radical (unpaired) electrons. The monoisotopic (exact) mass is 361 g/mol. The van der Waals surface area contributed by atoms with E-state index in [9.17, 15) is 9.90 Å². The number of aliphatic hydroxyl groups excluding tert-OH is 1. The number of nitrogens with zero attached hydrogens (tertiary/aromatic N) is 5. The molecular weight excluding hydrogens is 338 g/mol. The highest BCUT2D eigenvalue weighted by molar-refractivity contribution is 7.12. The largest absolute Gasteiger partial charge is 0.389 e. The number of carbonyl (C=O) groups excluding carboxylic acids is 1. The van der Waals surface area contributed by atoms with Crippen molar-refractivity contribution in [3.05, 3.63) is 34.3 Å². The van der Waals surface area contributed by atoms with Gasteiger partial charge in [0.05, 0.1) is 22.7 Å². The van der Waals surface area contributed by atoms with Crippen LogP contribution in [-0.4, -0.2) is 48.8 Å². The van der Waals surface area contributed by atoms with Crippen LogP contribution in [0.5, 0.6) is 0 Å². The summed E-state index contributed by atoms with van der Waals surface area (Å²) in [7, 11) is 0. The molecule has 1 aliphatic heterocycles. The molecule has 7 nitrogen and oxygen atoms in total. The zero-order valence-corrected chi connectivity index (χ0v) is 15.3. The number of tetrazole rings is 1. The van der Waals surface area contributed by atoms with E-state index in [1.54, 1.807) is 13.0 Å². The molecule has 8 heteroatoms. The molecule has 2 atom stereocenters. The maximum absolute atomic E-state index is 12.8. The second kappa shape index (κ2) is 7.88. The fourth-order valence-electron chi connectivity index (χ4n) is 3.07. The third kappa shape index (κ3) is 3.96. The molecule has 1 saturated heterocycles. The first-order valence-electron chi connectivity index (χ1n) is 8.63. The van der Waals surface area contributed by atoms with Gasteiger partial charge in [0.15, 0.2) is 5.82 Å². The van der Waals surface area contributed by atoms with Gasteiger partial charge in [-0.15, -0.1) is 26.3 Å². The third-order valence-electron chi connectivity index (χ3n) is 4.28. The molecule has 2 aromatic rings. The minimum Gasteiger partial charge on any atom is -0.389 e. The van der Waals surface area contributed by atoms with Crippen LogP contribution in [0.25, 0.3) is 5.70 Å². The standard InChI is InChI=1S/C17H23N5O2S/c1-3-13(11-12(2)23)22-19-16(18-20-22)14-7-4-5-9-21(14)17(24)15-8-6-10-25-15/h6,8,10-12,14,23H,3-5,7,9H2,1-2H3/b13-11+. The number of aliphatic hydroxyl groups is 1. The van der Waals surface area contributed by atoms with Crippen LogP contribution in [0, 0.1) is 0 Å². The lowest BCUT2D eigenvalue weighted by Crippen LogP contribution is -2.38. The molecule has 0 aliphatic carbocycles. The van der Waals surface area contributed by atoms with Crippen molar-refractivity contribution in [3.8, 4) is 0 Å². The summed E-state index contributed by atoms with van der Waals surface area (Å²) in [4.78, 5) is 16.9. The van der Waals surface area contributed by atoms with Crippen molar-refractivity contribution < 1.29 is 9.90 Å². The summed E-state index contributed by atoms with van der Waals surface area (Å²) in [6.07, 6.45) is 4.69. The molecule has 0 saturated carbocycles. The van der Waals surface area contributed by atoms with Gasteiger partial charge in [-0.3, -0.25) is 4.79 Å². The fraction of sp³-hybridized carbons (Fsp3) is 0.529. The Balaban J connectivity index is 1.85. The Morgan fingerprint density at radius 1 is 1.52 bits per heavy atom. The SMILES string of the molecule is CC/C(=C\C(C)O)n1nnc(C2CCCCN2C(=O)c2cccs2)n1. The van der Waals surface area contributed by atoms with Crippen LogP contribution < -0.4 is 0 Å². The first-order chi connectivity index (χ1) is 12.1. The van der Waals surface area contributed by atoms with Crippen LogP contribution >= 0.6 is 11.3 Å². The van der Waals surface area contributed by atoms with Crippen LogP contribution in [0.4, 0.5) is 0 Å². The molecule has 2 unspecified atom stereocenters. The normalized spacial score (nSPS) is 19.9. The Labute approximate surface area is 151 Å². The van der Waals surface area contributed by atoms with Crippen molar-refractivity contribution in [2.24, 2.45) is 0 Å². The first kappa shape index (κ1) is 17.8. The molecule has 3 heterocycles. The van der Waals surface area contributed by atoms with Crippen molar-refractivity contribution >= 4 is 22.9 Å². The van der Waals surface area contributed by atoms with Crippen molar-refractivity contribution in [2.45, 2.75) is 51.7 Å². The molecule has 1 fully saturated rings. The zero-order chi connectivity index (χ0) is 17.8. The zero-order valence-electron chi connectivity index (χ0n) is 14.5. The van der Waals surface area contributed by atoms with Gasteiger partial charge in [0.2, 0.25) is 0 Å². The summed E-state index contributed by atoms with van der Waals surface area (Å²) in [5.41, 5.74) is 0.792. The molecule has 25 heavy (non-hydrogen) atoms. The number of allylic oxidation sites excluding steroid dienone is 1. The average molecular weight is 361 g/mol. The summed E-state index contributed by atoms with van der Waals surface area (Å²) >= 11 is 1.45. The lowest BCUT2D eigenvalue weighted by atomic mass is 10.0. The summed E-state index contributed by atoms with van der Waals surface area (Å²) in [6, 6.07) is 3.59. The summed E-state index contributed by atoms with van der Waals surface area (Å²) in [6.45, 7) is 4.38. The third-order valence-corrected chi connectivity index (χ3v) is 5.13. The van der Waals surface area contributed by atoms with Crippen LogP contribution in [-0.2, 0) is 0 Å². The smallest absolute Gasteiger partial charge is 0.264 e. The molecule has 134 valence electrons. The summed E-state index contributed by atoms with van der Waals surface area (Å²) in [5.74, 6) is 0.598. The Morgan fingerprint density at radius 3 is 3.04 bits per heavy atom. The Morgan fingerprint density at radius 2 is 2.36 bits per heavy atom. The van der Waals surface area contributed by atoms with E-state index in [2.05, 4.69) is 15.4 Å². The van der Waals surface area contributed by atoms with Crippen LogP contribution in [0.2, 0.25) is 0 Å². The lowest BCUT2D eigenvalue weighted by Gasteiger charge is -2.33. The van der Waals surface area contributed by atoms with E-state index < -0.39 is 6.10 Å². The molecule has 1 N–H and O–H groups in total. The van der Waals surface area contributed by atoms with E-state index in [0.29, 0.717) is 18.8 Å². The van der Waals surface area contributed by atoms with Gasteiger partial charge >= 0.3 is 0 Å². The molecule has 1 aliphatic rings. The molecule has 2 aromatic heterocycles. The molecule has 3 rings (SSSR count). The second-order valence-electron chi connectivity index (χ2n) is 6.18. The minimum atomic E-state index is -0.573. The number of hydrogen-bond acceptors (Lipinski definition) is 6. The van der Waals surface area contributed by atoms with Gasteiger partial charge in [-0.2, -0.15) is 0 Å². The van der Waals surface area contributed by atoms with E-state index in [1.807, 2.05) is 29.3 Å². The number of piperidine rings is 1. The summed E-state index contributed by atoms with van der Waals surface area (Å²) < 4.78 is 0. The number of rotatable bonds is 5. The number of aromatic nitrogens is 4. The Kier molecular flexibility index (Phi) is 5.60. The van der Waals surface area contributed by atoms with Gasteiger partial charge in [-0.1, -0.05) is 13.0 Å². The van der Waals surface area contributed by atoms with Crippen molar-refractivity contribution in [1.82, 2.24) is 25.1 Å². The highest BCUT2D eigenvalue weighted by atomic mass is 32.1. The van der Waals surface area contributed by atoms with E-state index in [1.165, 1.54) is 16.1 Å². The van der Waals surface area contributed by atoms with Gasteiger partial charge in [0.25, 0.3) is 5.91 Å². The Bertz CT molecular complexity index is 738. The quantitative estimate of drug-likeness (QED) is 0.885. The van der Waals surface area contributed by atoms with Crippen molar-refractivity contribution in [2.75, 3.05) is 6.54 Å². The maximum Gasteiger partial charge on any atom is 0.264 e. The molecule has 0 spiro atoms. The summed E-state index contributed by atoms with van der Waals surface area (Å²) in [5, 5.41) is 24.3. The number of carbonyl (C=O) groups is 1. The molecular formula is C17H23N5O2S. The lowest BCUT2D eigenvalue weighted by molar-refractivity contribution is 0.0605. The second-order valence-corrected chi connectivity index (χ2v) is 7.12. The van der Waals surface area contributed by atoms with Crippen molar-refractivity contribution in [1.29, 1.82) is 0 Å². The number of hydrogen-bond donors (Lipinski definition) is 1. The maximum atomic E-state index is 12.8. The topological polar surface area (TPSA) is 84.1 Å². The fourth-order valence-corrected chi connectivity index (χ4v) is 3.75. The minimum absolute atomic E-state index is 0.0336. The number of amides is 1. The predicted octanol–water partition coefficient (Wildman–Crippen LogP) is 2.73. The number of thiophene rings is 1. The van der Waals surface area contributed by atoms with Gasteiger partial charge in [0.1, 0.15) is 0 Å². The van der Waals surface area contributed by atoms with E-state index in [4.69, 9.17) is 0 Å². The van der Waals surface area contributed by atoms with Crippen LogP contribution in [0.3, 0.4) is 0 Å². The molecule has 0 bridgehead atoms. The first-order valence-corrected chi connectivity index (χ1v) is 9.51. The Hall–Kier alpha value is -2.06. The molecule has 0 aromatic carbocycles. The van der Waals surface area contributed by atoms with Crippen LogP contribution in [0.15, 0.2) is 23.6 Å². The number of likely N-dealkylation sites (tertiary alicyclic amines) is 1. The van der Waals surface area contributed by atoms with E-state index in [-0.39, 0.29) is 11.9 Å². The van der Waals surface area contributed by atoms with Gasteiger partial charge in [-0.25, -0.2) is 0 Å². The highest BCUT2D eigenvalue weighted by Crippen LogP contribution is 2.31. The van der Waals surface area contributed by atoms with Crippen LogP contribution in [0.1, 0.15) is 61.1 Å². The predicted molar refractivity (Wildman–Crippen MR) is 96.0 cm³/mol. The van der Waals surface area contributed by atoms with E-state index in [0.717, 1.165) is 29.8 Å². The van der Waals surface area contributed by atoms with Crippen molar-refractivity contribution in [3.63, 3.8) is 0 Å². The highest BCUT2D eigenvalue weighted by Gasteiger charge is 2.32. The average Bonchev–Trinajstić information content (AvgIpc) is 3.30. The molecule has 1 amide bonds. The van der Waals surface area contributed by atoms with Gasteiger partial charge in [-0.05, 0) is 55.3 Å². The van der Waals surface area contributed by atoms with E-state index >= 15 is 0 Å². The van der Waals surface area contributed by atoms with Gasteiger partial charge < -0.3 is 10.0 Å².